The number of methoxy groups -OCH3 is 1. The number of thioether (sulfide) groups is 1. The second-order valence-corrected chi connectivity index (χ2v) is 4.45. The molecule has 0 unspecified atom stereocenters. The third kappa shape index (κ3) is 3.91. The van der Waals surface area contributed by atoms with E-state index < -0.39 is 0 Å². The van der Waals surface area contributed by atoms with Gasteiger partial charge in [-0.3, -0.25) is 0 Å². The van der Waals surface area contributed by atoms with E-state index in [1.807, 2.05) is 24.5 Å². The zero-order chi connectivity index (χ0) is 12.0. The van der Waals surface area contributed by atoms with E-state index >= 15 is 0 Å². The summed E-state index contributed by atoms with van der Waals surface area (Å²) in [6.45, 7) is 0. The number of benzene rings is 1. The van der Waals surface area contributed by atoms with E-state index in [9.17, 15) is 4.79 Å². The van der Waals surface area contributed by atoms with E-state index in [0.717, 1.165) is 5.56 Å². The molecule has 1 rings (SSSR count). The van der Waals surface area contributed by atoms with Gasteiger partial charge in [-0.25, -0.2) is 4.79 Å². The van der Waals surface area contributed by atoms with Crippen LogP contribution in [0.15, 0.2) is 29.8 Å². The predicted molar refractivity (Wildman–Crippen MR) is 69.8 cm³/mol. The van der Waals surface area contributed by atoms with E-state index in [0.29, 0.717) is 16.3 Å². The van der Waals surface area contributed by atoms with Crippen LogP contribution < -0.4 is 0 Å². The standard InChI is InChI=1S/C12H13ClO2S/c1-15-12(14)10(8-16-2)6-9-4-3-5-11(13)7-9/h3-7H,8H2,1-2H3/b10-6+. The summed E-state index contributed by atoms with van der Waals surface area (Å²) in [4.78, 5) is 11.5. The molecular weight excluding hydrogens is 244 g/mol. The van der Waals surface area contributed by atoms with Gasteiger partial charge in [0.05, 0.1) is 7.11 Å². The molecule has 16 heavy (non-hydrogen) atoms. The highest BCUT2D eigenvalue weighted by Gasteiger charge is 2.08. The highest BCUT2D eigenvalue weighted by molar-refractivity contribution is 7.98. The Kier molecular flexibility index (Phi) is 5.43. The van der Waals surface area contributed by atoms with Gasteiger partial charge < -0.3 is 4.74 Å². The van der Waals surface area contributed by atoms with Crippen molar-refractivity contribution in [3.05, 3.63) is 40.4 Å². The number of halogens is 1. The Morgan fingerprint density at radius 2 is 2.31 bits per heavy atom. The van der Waals surface area contributed by atoms with Crippen LogP contribution in [0.4, 0.5) is 0 Å². The first-order valence-corrected chi connectivity index (χ1v) is 6.48. The molecule has 0 amide bonds. The van der Waals surface area contributed by atoms with Gasteiger partial charge in [-0.05, 0) is 30.0 Å². The Labute approximate surface area is 105 Å². The number of rotatable bonds is 4. The molecule has 0 saturated heterocycles. The molecule has 0 atom stereocenters. The molecule has 0 bridgehead atoms. The normalized spacial score (nSPS) is 11.3. The van der Waals surface area contributed by atoms with E-state index in [2.05, 4.69) is 0 Å². The molecule has 1 aromatic carbocycles. The molecule has 4 heteroatoms. The second-order valence-electron chi connectivity index (χ2n) is 3.15. The molecule has 0 fully saturated rings. The van der Waals surface area contributed by atoms with Crippen molar-refractivity contribution in [2.24, 2.45) is 0 Å². The predicted octanol–water partition coefficient (Wildman–Crippen LogP) is 3.26. The minimum Gasteiger partial charge on any atom is -0.466 e. The minimum absolute atomic E-state index is 0.297. The van der Waals surface area contributed by atoms with Crippen LogP contribution in [0.1, 0.15) is 5.56 Å². The van der Waals surface area contributed by atoms with E-state index in [1.165, 1.54) is 7.11 Å². The lowest BCUT2D eigenvalue weighted by Crippen LogP contribution is -2.06. The van der Waals surface area contributed by atoms with Crippen molar-refractivity contribution in [3.8, 4) is 0 Å². The average Bonchev–Trinajstić information content (AvgIpc) is 2.27. The summed E-state index contributed by atoms with van der Waals surface area (Å²) in [5, 5.41) is 0.655. The molecule has 0 radical (unpaired) electrons. The third-order valence-corrected chi connectivity index (χ3v) is 2.77. The molecule has 0 saturated carbocycles. The summed E-state index contributed by atoms with van der Waals surface area (Å²) in [5.41, 5.74) is 1.54. The van der Waals surface area contributed by atoms with Crippen LogP contribution in [0, 0.1) is 0 Å². The summed E-state index contributed by atoms with van der Waals surface area (Å²) in [6, 6.07) is 7.35. The highest BCUT2D eigenvalue weighted by atomic mass is 35.5. The van der Waals surface area contributed by atoms with Crippen LogP contribution in [0.2, 0.25) is 5.02 Å². The number of hydrogen-bond donors (Lipinski definition) is 0. The van der Waals surface area contributed by atoms with Gasteiger partial charge in [-0.2, -0.15) is 11.8 Å². The fraction of sp³-hybridized carbons (Fsp3) is 0.250. The van der Waals surface area contributed by atoms with Crippen molar-refractivity contribution in [1.29, 1.82) is 0 Å². The van der Waals surface area contributed by atoms with Crippen molar-refractivity contribution in [1.82, 2.24) is 0 Å². The quantitative estimate of drug-likeness (QED) is 0.611. The van der Waals surface area contributed by atoms with Crippen molar-refractivity contribution >= 4 is 35.4 Å². The number of carbonyl (C=O) groups excluding carboxylic acids is 1. The largest absolute Gasteiger partial charge is 0.466 e. The van der Waals surface area contributed by atoms with Crippen LogP contribution in [0.5, 0.6) is 0 Å². The average molecular weight is 257 g/mol. The lowest BCUT2D eigenvalue weighted by molar-refractivity contribution is -0.135. The van der Waals surface area contributed by atoms with Gasteiger partial charge in [0.2, 0.25) is 0 Å². The molecule has 0 aromatic heterocycles. The fourth-order valence-corrected chi connectivity index (χ4v) is 1.95. The molecule has 2 nitrogen and oxygen atoms in total. The molecule has 0 heterocycles. The summed E-state index contributed by atoms with van der Waals surface area (Å²) in [6.07, 6.45) is 3.74. The summed E-state index contributed by atoms with van der Waals surface area (Å²) >= 11 is 7.44. The van der Waals surface area contributed by atoms with Gasteiger partial charge in [0.1, 0.15) is 0 Å². The Hall–Kier alpha value is -0.930. The summed E-state index contributed by atoms with van der Waals surface area (Å²) < 4.78 is 4.71. The van der Waals surface area contributed by atoms with E-state index in [-0.39, 0.29) is 5.97 Å². The number of hydrogen-bond acceptors (Lipinski definition) is 3. The van der Waals surface area contributed by atoms with Gasteiger partial charge in [0, 0.05) is 16.3 Å². The Bertz CT molecular complexity index is 402. The first-order valence-electron chi connectivity index (χ1n) is 4.70. The molecule has 0 aliphatic rings. The smallest absolute Gasteiger partial charge is 0.334 e. The highest BCUT2D eigenvalue weighted by Crippen LogP contribution is 2.16. The van der Waals surface area contributed by atoms with Crippen molar-refractivity contribution < 1.29 is 9.53 Å². The lowest BCUT2D eigenvalue weighted by Gasteiger charge is -2.03. The lowest BCUT2D eigenvalue weighted by atomic mass is 10.1. The molecule has 0 aliphatic heterocycles. The van der Waals surface area contributed by atoms with Crippen molar-refractivity contribution in [2.75, 3.05) is 19.1 Å². The zero-order valence-corrected chi connectivity index (χ0v) is 10.8. The van der Waals surface area contributed by atoms with Gasteiger partial charge in [-0.15, -0.1) is 0 Å². The molecule has 0 aliphatic carbocycles. The minimum atomic E-state index is -0.297. The van der Waals surface area contributed by atoms with Crippen LogP contribution in [-0.2, 0) is 9.53 Å². The molecule has 0 N–H and O–H groups in total. The van der Waals surface area contributed by atoms with Crippen LogP contribution in [0.3, 0.4) is 0 Å². The Balaban J connectivity index is 2.97. The van der Waals surface area contributed by atoms with Crippen molar-refractivity contribution in [3.63, 3.8) is 0 Å². The van der Waals surface area contributed by atoms with Gasteiger partial charge in [0.15, 0.2) is 0 Å². The maximum Gasteiger partial charge on any atom is 0.334 e. The molecular formula is C12H13ClO2S. The Morgan fingerprint density at radius 3 is 2.88 bits per heavy atom. The molecule has 0 spiro atoms. The zero-order valence-electron chi connectivity index (χ0n) is 9.20. The number of esters is 1. The summed E-state index contributed by atoms with van der Waals surface area (Å²) in [7, 11) is 1.38. The molecule has 86 valence electrons. The monoisotopic (exact) mass is 256 g/mol. The molecule has 1 aromatic rings. The second kappa shape index (κ2) is 6.61. The fourth-order valence-electron chi connectivity index (χ4n) is 1.24. The van der Waals surface area contributed by atoms with E-state index in [4.69, 9.17) is 16.3 Å². The number of ether oxygens (including phenoxy) is 1. The van der Waals surface area contributed by atoms with Gasteiger partial charge >= 0.3 is 5.97 Å². The maximum atomic E-state index is 11.5. The number of carbonyl (C=O) groups is 1. The van der Waals surface area contributed by atoms with Gasteiger partial charge in [-0.1, -0.05) is 23.7 Å². The SMILES string of the molecule is COC(=O)/C(=C/c1cccc(Cl)c1)CSC. The third-order valence-electron chi connectivity index (χ3n) is 1.94. The van der Waals surface area contributed by atoms with Crippen molar-refractivity contribution in [2.45, 2.75) is 0 Å². The van der Waals surface area contributed by atoms with Crippen LogP contribution in [0.25, 0.3) is 6.08 Å². The van der Waals surface area contributed by atoms with Crippen LogP contribution >= 0.6 is 23.4 Å². The Morgan fingerprint density at radius 1 is 1.56 bits per heavy atom. The van der Waals surface area contributed by atoms with Crippen LogP contribution in [-0.4, -0.2) is 25.1 Å². The topological polar surface area (TPSA) is 26.3 Å². The first-order chi connectivity index (χ1) is 7.67. The summed E-state index contributed by atoms with van der Waals surface area (Å²) in [5.74, 6) is 0.327. The van der Waals surface area contributed by atoms with E-state index in [1.54, 1.807) is 23.9 Å². The van der Waals surface area contributed by atoms with Gasteiger partial charge in [0.25, 0.3) is 0 Å². The first kappa shape index (κ1) is 13.1. The maximum absolute atomic E-state index is 11.5.